The van der Waals surface area contributed by atoms with E-state index in [1.807, 2.05) is 12.2 Å². The molecule has 2 fully saturated rings. The van der Waals surface area contributed by atoms with E-state index < -0.39 is 16.8 Å². The number of nitrogens with zero attached hydrogens (tertiary/aromatic N) is 3. The van der Waals surface area contributed by atoms with Gasteiger partial charge in [-0.3, -0.25) is 34.2 Å². The molecular weight excluding hydrogens is 466 g/mol. The highest BCUT2D eigenvalue weighted by Crippen LogP contribution is 2.38. The molecule has 0 unspecified atom stereocenters. The van der Waals surface area contributed by atoms with Gasteiger partial charge in [0.1, 0.15) is 5.75 Å². The Morgan fingerprint density at radius 2 is 1.58 bits per heavy atom. The summed E-state index contributed by atoms with van der Waals surface area (Å²) in [7, 11) is 0. The van der Waals surface area contributed by atoms with E-state index >= 15 is 0 Å². The average Bonchev–Trinajstić information content (AvgIpc) is 3.37. The molecule has 36 heavy (non-hydrogen) atoms. The molecule has 1 aliphatic carbocycles. The van der Waals surface area contributed by atoms with Gasteiger partial charge in [0, 0.05) is 24.6 Å². The van der Waals surface area contributed by atoms with Crippen LogP contribution in [0.2, 0.25) is 0 Å². The lowest BCUT2D eigenvalue weighted by molar-refractivity contribution is -0.385. The molecule has 3 aliphatic rings. The Balaban J connectivity index is 1.25. The smallest absolute Gasteiger partial charge is 0.316 e. The molecule has 0 saturated carbocycles. The summed E-state index contributed by atoms with van der Waals surface area (Å²) in [6.07, 6.45) is 4.87. The SMILES string of the molecule is Cc1ccc(N2C[C@H](C(=O)Oc3ccc(N4C(=O)[C@@H]5CC=CC[C@H]5C4=O)cc3)CC2=O)cc1[N+](=O)[O-]. The number of rotatable bonds is 5. The number of nitro benzene ring substituents is 1. The molecule has 3 amide bonds. The number of hydrogen-bond donors (Lipinski definition) is 0. The summed E-state index contributed by atoms with van der Waals surface area (Å²) in [5.74, 6) is -2.57. The third-order valence-corrected chi connectivity index (χ3v) is 6.98. The summed E-state index contributed by atoms with van der Waals surface area (Å²) >= 11 is 0. The molecule has 0 radical (unpaired) electrons. The van der Waals surface area contributed by atoms with Crippen molar-refractivity contribution in [2.45, 2.75) is 26.2 Å². The van der Waals surface area contributed by atoms with E-state index in [9.17, 15) is 29.3 Å². The number of carbonyl (C=O) groups excluding carboxylic acids is 4. The zero-order chi connectivity index (χ0) is 25.6. The second-order valence-electron chi connectivity index (χ2n) is 9.22. The summed E-state index contributed by atoms with van der Waals surface area (Å²) in [6, 6.07) is 10.6. The minimum Gasteiger partial charge on any atom is -0.426 e. The lowest BCUT2D eigenvalue weighted by atomic mass is 9.85. The standard InChI is InChI=1S/C26H23N3O7/c1-15-6-7-18(13-22(15)29(34)35)27-14-16(12-23(27)30)26(33)36-19-10-8-17(9-11-19)28-24(31)20-4-2-3-5-21(20)25(28)32/h2-3,6-11,13,16,20-21H,4-5,12,14H2,1H3/t16-,20-,21-/m1/s1. The van der Waals surface area contributed by atoms with Crippen LogP contribution in [0.25, 0.3) is 0 Å². The highest BCUT2D eigenvalue weighted by molar-refractivity contribution is 6.22. The number of allylic oxidation sites excluding steroid dienone is 2. The van der Waals surface area contributed by atoms with Gasteiger partial charge in [0.25, 0.3) is 5.69 Å². The molecule has 0 aromatic heterocycles. The molecule has 10 heteroatoms. The molecule has 2 aromatic rings. The zero-order valence-electron chi connectivity index (χ0n) is 19.5. The summed E-state index contributed by atoms with van der Waals surface area (Å²) in [5, 5.41) is 11.2. The maximum absolute atomic E-state index is 12.8. The molecular formula is C26H23N3O7. The maximum atomic E-state index is 12.8. The van der Waals surface area contributed by atoms with Crippen LogP contribution in [0.5, 0.6) is 5.75 Å². The highest BCUT2D eigenvalue weighted by atomic mass is 16.6. The zero-order valence-corrected chi connectivity index (χ0v) is 19.5. The molecule has 2 heterocycles. The fourth-order valence-electron chi connectivity index (χ4n) is 4.99. The number of aryl methyl sites for hydroxylation is 1. The van der Waals surface area contributed by atoms with Crippen molar-refractivity contribution in [3.8, 4) is 5.75 Å². The molecule has 0 spiro atoms. The van der Waals surface area contributed by atoms with Crippen LogP contribution in [0.15, 0.2) is 54.6 Å². The Morgan fingerprint density at radius 1 is 0.972 bits per heavy atom. The van der Waals surface area contributed by atoms with Gasteiger partial charge in [0.05, 0.1) is 34.1 Å². The van der Waals surface area contributed by atoms with Gasteiger partial charge in [-0.25, -0.2) is 0 Å². The van der Waals surface area contributed by atoms with Crippen LogP contribution in [0, 0.1) is 34.8 Å². The fraction of sp³-hybridized carbons (Fsp3) is 0.308. The van der Waals surface area contributed by atoms with Gasteiger partial charge in [0.15, 0.2) is 0 Å². The number of fused-ring (bicyclic) bond motifs is 1. The molecule has 0 bridgehead atoms. The summed E-state index contributed by atoms with van der Waals surface area (Å²) < 4.78 is 5.45. The Labute approximate surface area is 206 Å². The number of esters is 1. The fourth-order valence-corrected chi connectivity index (χ4v) is 4.99. The molecule has 2 aromatic carbocycles. The van der Waals surface area contributed by atoms with Crippen molar-refractivity contribution in [3.05, 3.63) is 70.3 Å². The average molecular weight is 489 g/mol. The quantitative estimate of drug-likeness (QED) is 0.157. The lowest BCUT2D eigenvalue weighted by Crippen LogP contribution is -2.30. The Kier molecular flexibility index (Phi) is 5.87. The molecule has 3 atom stereocenters. The topological polar surface area (TPSA) is 127 Å². The number of nitro groups is 1. The summed E-state index contributed by atoms with van der Waals surface area (Å²) in [6.45, 7) is 1.66. The first-order valence-electron chi connectivity index (χ1n) is 11.6. The van der Waals surface area contributed by atoms with Crippen LogP contribution in [0.4, 0.5) is 17.1 Å². The van der Waals surface area contributed by atoms with Crippen molar-refractivity contribution in [1.29, 1.82) is 0 Å². The minimum atomic E-state index is -0.741. The van der Waals surface area contributed by atoms with Crippen molar-refractivity contribution >= 4 is 40.8 Å². The Hall–Kier alpha value is -4.34. The number of imide groups is 1. The van der Waals surface area contributed by atoms with E-state index in [1.54, 1.807) is 31.2 Å². The number of amides is 3. The van der Waals surface area contributed by atoms with E-state index in [-0.39, 0.29) is 54.0 Å². The molecule has 0 N–H and O–H groups in total. The van der Waals surface area contributed by atoms with Crippen LogP contribution in [0.1, 0.15) is 24.8 Å². The van der Waals surface area contributed by atoms with Gasteiger partial charge in [-0.2, -0.15) is 0 Å². The van der Waals surface area contributed by atoms with Crippen molar-refractivity contribution < 1.29 is 28.8 Å². The van der Waals surface area contributed by atoms with Gasteiger partial charge in [-0.1, -0.05) is 18.2 Å². The summed E-state index contributed by atoms with van der Waals surface area (Å²) in [5.41, 5.74) is 1.15. The Morgan fingerprint density at radius 3 is 2.19 bits per heavy atom. The number of ether oxygens (including phenoxy) is 1. The monoisotopic (exact) mass is 489 g/mol. The van der Waals surface area contributed by atoms with Gasteiger partial charge in [0.2, 0.25) is 17.7 Å². The van der Waals surface area contributed by atoms with Gasteiger partial charge in [-0.15, -0.1) is 0 Å². The second kappa shape index (κ2) is 9.03. The van der Waals surface area contributed by atoms with Crippen molar-refractivity contribution in [3.63, 3.8) is 0 Å². The third kappa shape index (κ3) is 4.04. The van der Waals surface area contributed by atoms with Crippen LogP contribution in [-0.2, 0) is 19.2 Å². The van der Waals surface area contributed by atoms with Crippen LogP contribution >= 0.6 is 0 Å². The van der Waals surface area contributed by atoms with Gasteiger partial charge >= 0.3 is 5.97 Å². The molecule has 184 valence electrons. The Bertz CT molecular complexity index is 1290. The first-order chi connectivity index (χ1) is 17.2. The van der Waals surface area contributed by atoms with Crippen molar-refractivity contribution in [2.75, 3.05) is 16.3 Å². The predicted octanol–water partition coefficient (Wildman–Crippen LogP) is 3.32. The molecule has 2 saturated heterocycles. The van der Waals surface area contributed by atoms with Crippen molar-refractivity contribution in [1.82, 2.24) is 0 Å². The van der Waals surface area contributed by atoms with Gasteiger partial charge < -0.3 is 9.64 Å². The van der Waals surface area contributed by atoms with E-state index in [0.29, 0.717) is 29.8 Å². The molecule has 5 rings (SSSR count). The van der Waals surface area contributed by atoms with Crippen molar-refractivity contribution in [2.24, 2.45) is 17.8 Å². The first kappa shape index (κ1) is 23.4. The van der Waals surface area contributed by atoms with E-state index in [1.165, 1.54) is 28.0 Å². The van der Waals surface area contributed by atoms with E-state index in [4.69, 9.17) is 4.74 Å². The number of hydrogen-bond acceptors (Lipinski definition) is 7. The number of anilines is 2. The van der Waals surface area contributed by atoms with Crippen LogP contribution in [-0.4, -0.2) is 35.2 Å². The highest BCUT2D eigenvalue weighted by Gasteiger charge is 2.47. The number of carbonyl (C=O) groups is 4. The largest absolute Gasteiger partial charge is 0.426 e. The summed E-state index contributed by atoms with van der Waals surface area (Å²) in [4.78, 5) is 64.1. The van der Waals surface area contributed by atoms with E-state index in [2.05, 4.69) is 0 Å². The third-order valence-electron chi connectivity index (χ3n) is 6.98. The lowest BCUT2D eigenvalue weighted by Gasteiger charge is -2.17. The first-order valence-corrected chi connectivity index (χ1v) is 11.6. The number of benzene rings is 2. The molecule has 2 aliphatic heterocycles. The normalized spacial score (nSPS) is 23.2. The second-order valence-corrected chi connectivity index (χ2v) is 9.22. The molecule has 10 nitrogen and oxygen atoms in total. The maximum Gasteiger partial charge on any atom is 0.316 e. The predicted molar refractivity (Wildman–Crippen MR) is 128 cm³/mol. The van der Waals surface area contributed by atoms with E-state index in [0.717, 1.165) is 0 Å². The van der Waals surface area contributed by atoms with Crippen LogP contribution < -0.4 is 14.5 Å². The van der Waals surface area contributed by atoms with Gasteiger partial charge in [-0.05, 0) is 50.1 Å². The minimum absolute atomic E-state index is 0.0452. The van der Waals surface area contributed by atoms with Crippen LogP contribution in [0.3, 0.4) is 0 Å².